The average molecular weight is 218 g/mol. The number of hydrogen-bond donors (Lipinski definition) is 3. The molecule has 0 fully saturated rings. The predicted octanol–water partition coefficient (Wildman–Crippen LogP) is 0.481. The number of hydrogen-bond acceptors (Lipinski definition) is 4. The van der Waals surface area contributed by atoms with E-state index in [4.69, 9.17) is 9.84 Å². The maximum absolute atomic E-state index is 11.3. The molecule has 15 heavy (non-hydrogen) atoms. The Morgan fingerprint density at radius 3 is 2.53 bits per heavy atom. The molecular formula is C10H22N2O3. The fourth-order valence-electron chi connectivity index (χ4n) is 0.957. The maximum Gasteiger partial charge on any atom is 0.407 e. The quantitative estimate of drug-likeness (QED) is 0.587. The SMILES string of the molecule is C[C@@H](CNCCO)NC(=O)OC(C)(C)C. The molecule has 0 aliphatic heterocycles. The molecule has 0 unspecified atom stereocenters. The van der Waals surface area contributed by atoms with E-state index in [1.807, 2.05) is 27.7 Å². The molecule has 0 aromatic rings. The second-order valence-electron chi connectivity index (χ2n) is 4.48. The summed E-state index contributed by atoms with van der Waals surface area (Å²) >= 11 is 0. The zero-order chi connectivity index (χ0) is 11.9. The third-order valence-corrected chi connectivity index (χ3v) is 1.50. The zero-order valence-corrected chi connectivity index (χ0v) is 9.96. The van der Waals surface area contributed by atoms with Gasteiger partial charge in [-0.25, -0.2) is 4.79 Å². The molecule has 3 N–H and O–H groups in total. The number of amides is 1. The first-order valence-electron chi connectivity index (χ1n) is 5.16. The van der Waals surface area contributed by atoms with Crippen molar-refractivity contribution in [1.82, 2.24) is 10.6 Å². The van der Waals surface area contributed by atoms with Crippen LogP contribution in [0.3, 0.4) is 0 Å². The van der Waals surface area contributed by atoms with E-state index in [0.29, 0.717) is 13.1 Å². The van der Waals surface area contributed by atoms with Crippen molar-refractivity contribution in [3.63, 3.8) is 0 Å². The van der Waals surface area contributed by atoms with E-state index < -0.39 is 11.7 Å². The third kappa shape index (κ3) is 9.49. The number of nitrogens with one attached hydrogen (secondary N) is 2. The molecule has 0 heterocycles. The number of aliphatic hydroxyl groups excluding tert-OH is 1. The molecule has 0 saturated carbocycles. The van der Waals surface area contributed by atoms with Crippen LogP contribution in [-0.4, -0.2) is 42.5 Å². The number of alkyl carbamates (subject to hydrolysis) is 1. The molecule has 5 nitrogen and oxygen atoms in total. The van der Waals surface area contributed by atoms with Crippen molar-refractivity contribution in [3.05, 3.63) is 0 Å². The highest BCUT2D eigenvalue weighted by molar-refractivity contribution is 5.68. The molecule has 0 bridgehead atoms. The minimum Gasteiger partial charge on any atom is -0.444 e. The highest BCUT2D eigenvalue weighted by atomic mass is 16.6. The summed E-state index contributed by atoms with van der Waals surface area (Å²) in [6, 6.07) is -0.0219. The molecule has 1 amide bonds. The first-order chi connectivity index (χ1) is 6.85. The maximum atomic E-state index is 11.3. The monoisotopic (exact) mass is 218 g/mol. The summed E-state index contributed by atoms with van der Waals surface area (Å²) in [5.41, 5.74) is -0.470. The zero-order valence-electron chi connectivity index (χ0n) is 9.96. The molecule has 0 aromatic heterocycles. The van der Waals surface area contributed by atoms with Gasteiger partial charge >= 0.3 is 6.09 Å². The number of carbonyl (C=O) groups excluding carboxylic acids is 1. The minimum absolute atomic E-state index is 0.0219. The van der Waals surface area contributed by atoms with Gasteiger partial charge in [-0.05, 0) is 27.7 Å². The van der Waals surface area contributed by atoms with Gasteiger partial charge in [-0.15, -0.1) is 0 Å². The van der Waals surface area contributed by atoms with E-state index in [2.05, 4.69) is 10.6 Å². The lowest BCUT2D eigenvalue weighted by atomic mass is 10.2. The van der Waals surface area contributed by atoms with Gasteiger partial charge in [-0.2, -0.15) is 0 Å². The molecule has 0 aromatic carbocycles. The lowest BCUT2D eigenvalue weighted by Crippen LogP contribution is -2.43. The Hall–Kier alpha value is -0.810. The second kappa shape index (κ2) is 6.63. The topological polar surface area (TPSA) is 70.6 Å². The Morgan fingerprint density at radius 1 is 1.47 bits per heavy atom. The van der Waals surface area contributed by atoms with E-state index in [9.17, 15) is 4.79 Å². The summed E-state index contributed by atoms with van der Waals surface area (Å²) in [4.78, 5) is 11.3. The molecule has 0 aliphatic rings. The molecule has 0 spiro atoms. The van der Waals surface area contributed by atoms with Crippen LogP contribution in [0.1, 0.15) is 27.7 Å². The van der Waals surface area contributed by atoms with Crippen molar-refractivity contribution >= 4 is 6.09 Å². The fraction of sp³-hybridized carbons (Fsp3) is 0.900. The number of aliphatic hydroxyl groups is 1. The van der Waals surface area contributed by atoms with Gasteiger partial charge in [0.2, 0.25) is 0 Å². The van der Waals surface area contributed by atoms with Gasteiger partial charge in [-0.1, -0.05) is 0 Å². The Bertz CT molecular complexity index is 190. The Labute approximate surface area is 91.2 Å². The number of carbonyl (C=O) groups is 1. The lowest BCUT2D eigenvalue weighted by molar-refractivity contribution is 0.0508. The standard InChI is InChI=1S/C10H22N2O3/c1-8(7-11-5-6-13)12-9(14)15-10(2,3)4/h8,11,13H,5-7H2,1-4H3,(H,12,14)/t8-/m0/s1. The van der Waals surface area contributed by atoms with Crippen molar-refractivity contribution in [2.45, 2.75) is 39.3 Å². The van der Waals surface area contributed by atoms with Crippen molar-refractivity contribution in [1.29, 1.82) is 0 Å². The average Bonchev–Trinajstić information content (AvgIpc) is 2.00. The molecule has 0 saturated heterocycles. The van der Waals surface area contributed by atoms with Gasteiger partial charge in [-0.3, -0.25) is 0 Å². The Morgan fingerprint density at radius 2 is 2.07 bits per heavy atom. The molecule has 0 rings (SSSR count). The van der Waals surface area contributed by atoms with Crippen LogP contribution < -0.4 is 10.6 Å². The first-order valence-corrected chi connectivity index (χ1v) is 5.16. The van der Waals surface area contributed by atoms with Crippen molar-refractivity contribution < 1.29 is 14.6 Å². The summed E-state index contributed by atoms with van der Waals surface area (Å²) in [6.45, 7) is 8.57. The van der Waals surface area contributed by atoms with Crippen LogP contribution in [0.4, 0.5) is 4.79 Å². The van der Waals surface area contributed by atoms with Crippen LogP contribution in [0.2, 0.25) is 0 Å². The normalized spacial score (nSPS) is 13.4. The van der Waals surface area contributed by atoms with Crippen LogP contribution in [0, 0.1) is 0 Å². The molecular weight excluding hydrogens is 196 g/mol. The van der Waals surface area contributed by atoms with E-state index >= 15 is 0 Å². The van der Waals surface area contributed by atoms with Crippen LogP contribution in [0.15, 0.2) is 0 Å². The minimum atomic E-state index is -0.470. The molecule has 5 heteroatoms. The largest absolute Gasteiger partial charge is 0.444 e. The Kier molecular flexibility index (Phi) is 6.27. The fourth-order valence-corrected chi connectivity index (χ4v) is 0.957. The van der Waals surface area contributed by atoms with E-state index in [1.165, 1.54) is 0 Å². The van der Waals surface area contributed by atoms with Crippen molar-refractivity contribution in [3.8, 4) is 0 Å². The second-order valence-corrected chi connectivity index (χ2v) is 4.48. The predicted molar refractivity (Wildman–Crippen MR) is 58.8 cm³/mol. The highest BCUT2D eigenvalue weighted by Gasteiger charge is 2.17. The van der Waals surface area contributed by atoms with Gasteiger partial charge in [0.15, 0.2) is 0 Å². The van der Waals surface area contributed by atoms with Crippen molar-refractivity contribution in [2.75, 3.05) is 19.7 Å². The molecule has 1 atom stereocenters. The first kappa shape index (κ1) is 14.2. The van der Waals surface area contributed by atoms with Gasteiger partial charge < -0.3 is 20.5 Å². The summed E-state index contributed by atoms with van der Waals surface area (Å²) in [7, 11) is 0. The van der Waals surface area contributed by atoms with Crippen LogP contribution >= 0.6 is 0 Å². The lowest BCUT2D eigenvalue weighted by Gasteiger charge is -2.22. The third-order valence-electron chi connectivity index (χ3n) is 1.50. The summed E-state index contributed by atoms with van der Waals surface area (Å²) in [5, 5.41) is 14.2. The van der Waals surface area contributed by atoms with E-state index in [1.54, 1.807) is 0 Å². The number of ether oxygens (including phenoxy) is 1. The smallest absolute Gasteiger partial charge is 0.407 e. The van der Waals surface area contributed by atoms with Gasteiger partial charge in [0, 0.05) is 19.1 Å². The van der Waals surface area contributed by atoms with Gasteiger partial charge in [0.25, 0.3) is 0 Å². The molecule has 0 aliphatic carbocycles. The summed E-state index contributed by atoms with van der Waals surface area (Å²) in [5.74, 6) is 0. The van der Waals surface area contributed by atoms with Crippen LogP contribution in [-0.2, 0) is 4.74 Å². The van der Waals surface area contributed by atoms with Gasteiger partial charge in [0.05, 0.1) is 6.61 Å². The van der Waals surface area contributed by atoms with E-state index in [0.717, 1.165) is 0 Å². The summed E-state index contributed by atoms with van der Waals surface area (Å²) < 4.78 is 5.09. The van der Waals surface area contributed by atoms with E-state index in [-0.39, 0.29) is 12.6 Å². The highest BCUT2D eigenvalue weighted by Crippen LogP contribution is 2.06. The molecule has 90 valence electrons. The number of rotatable bonds is 5. The molecule has 0 radical (unpaired) electrons. The van der Waals surface area contributed by atoms with Gasteiger partial charge in [0.1, 0.15) is 5.60 Å². The van der Waals surface area contributed by atoms with Crippen LogP contribution in [0.25, 0.3) is 0 Å². The van der Waals surface area contributed by atoms with Crippen molar-refractivity contribution in [2.24, 2.45) is 0 Å². The Balaban J connectivity index is 3.67. The van der Waals surface area contributed by atoms with Crippen LogP contribution in [0.5, 0.6) is 0 Å². The summed E-state index contributed by atoms with van der Waals surface area (Å²) in [6.07, 6.45) is -0.416.